The largest absolute Gasteiger partial charge is 0.497 e. The van der Waals surface area contributed by atoms with Crippen molar-refractivity contribution in [2.45, 2.75) is 19.3 Å². The number of carbonyl (C=O) groups excluding carboxylic acids is 1. The minimum absolute atomic E-state index is 0.382. The van der Waals surface area contributed by atoms with Crippen molar-refractivity contribution in [1.29, 1.82) is 0 Å². The van der Waals surface area contributed by atoms with Crippen LogP contribution in [0.15, 0.2) is 48.8 Å². The van der Waals surface area contributed by atoms with Crippen LogP contribution in [0.5, 0.6) is 5.75 Å². The summed E-state index contributed by atoms with van der Waals surface area (Å²) in [6.07, 6.45) is 5.62. The van der Waals surface area contributed by atoms with Gasteiger partial charge in [0.1, 0.15) is 5.75 Å². The molecule has 0 atom stereocenters. The molecule has 2 heterocycles. The number of nitrogens with zero attached hydrogens (tertiary/aromatic N) is 1. The van der Waals surface area contributed by atoms with Gasteiger partial charge in [0.15, 0.2) is 0 Å². The van der Waals surface area contributed by atoms with Crippen LogP contribution in [0.2, 0.25) is 0 Å². The summed E-state index contributed by atoms with van der Waals surface area (Å²) in [6, 6.07) is 11.7. The molecule has 6 heteroatoms. The minimum Gasteiger partial charge on any atom is -0.497 e. The van der Waals surface area contributed by atoms with Crippen LogP contribution in [-0.4, -0.2) is 36.3 Å². The Labute approximate surface area is 152 Å². The summed E-state index contributed by atoms with van der Waals surface area (Å²) in [5, 5.41) is 3.90. The third-order valence-corrected chi connectivity index (χ3v) is 4.17. The predicted octanol–water partition coefficient (Wildman–Crippen LogP) is 3.47. The molecule has 26 heavy (non-hydrogen) atoms. The maximum atomic E-state index is 11.8. The van der Waals surface area contributed by atoms with Gasteiger partial charge in [-0.05, 0) is 55.2 Å². The molecule has 136 valence electrons. The SMILES string of the molecule is COc1ccc2[nH]cc(CCNC(=O)OCCCc3ccccn3)c2c1. The van der Waals surface area contributed by atoms with Crippen LogP contribution in [0, 0.1) is 0 Å². The zero-order valence-electron chi connectivity index (χ0n) is 14.8. The lowest BCUT2D eigenvalue weighted by atomic mass is 10.1. The van der Waals surface area contributed by atoms with Crippen LogP contribution in [0.25, 0.3) is 10.9 Å². The maximum Gasteiger partial charge on any atom is 0.407 e. The molecular formula is C20H23N3O3. The molecule has 0 unspecified atom stereocenters. The van der Waals surface area contributed by atoms with Crippen LogP contribution in [-0.2, 0) is 17.6 Å². The normalized spacial score (nSPS) is 10.7. The van der Waals surface area contributed by atoms with E-state index in [9.17, 15) is 4.79 Å². The molecule has 3 aromatic rings. The van der Waals surface area contributed by atoms with Crippen molar-refractivity contribution in [2.75, 3.05) is 20.3 Å². The number of carbonyl (C=O) groups is 1. The summed E-state index contributed by atoms with van der Waals surface area (Å²) in [5.41, 5.74) is 3.19. The zero-order valence-corrected chi connectivity index (χ0v) is 14.8. The van der Waals surface area contributed by atoms with Crippen molar-refractivity contribution in [3.8, 4) is 5.75 Å². The summed E-state index contributed by atoms with van der Waals surface area (Å²) in [5.74, 6) is 0.818. The van der Waals surface area contributed by atoms with Gasteiger partial charge >= 0.3 is 6.09 Å². The highest BCUT2D eigenvalue weighted by atomic mass is 16.5. The van der Waals surface area contributed by atoms with E-state index in [0.29, 0.717) is 13.2 Å². The quantitative estimate of drug-likeness (QED) is 0.608. The number of alkyl carbamates (subject to hydrolysis) is 1. The fraction of sp³-hybridized carbons (Fsp3) is 0.300. The molecule has 0 spiro atoms. The monoisotopic (exact) mass is 353 g/mol. The summed E-state index contributed by atoms with van der Waals surface area (Å²) in [7, 11) is 1.65. The van der Waals surface area contributed by atoms with Gasteiger partial charge in [-0.25, -0.2) is 4.79 Å². The number of fused-ring (bicyclic) bond motifs is 1. The molecule has 0 saturated carbocycles. The van der Waals surface area contributed by atoms with E-state index in [-0.39, 0.29) is 6.09 Å². The number of methoxy groups -OCH3 is 1. The van der Waals surface area contributed by atoms with Gasteiger partial charge in [-0.15, -0.1) is 0 Å². The Hall–Kier alpha value is -3.02. The fourth-order valence-electron chi connectivity index (χ4n) is 2.81. The molecule has 0 aliphatic carbocycles. The Morgan fingerprint density at radius 2 is 2.15 bits per heavy atom. The number of nitrogens with one attached hydrogen (secondary N) is 2. The van der Waals surface area contributed by atoms with Crippen molar-refractivity contribution >= 4 is 17.0 Å². The maximum absolute atomic E-state index is 11.8. The molecular weight excluding hydrogens is 330 g/mol. The topological polar surface area (TPSA) is 76.2 Å². The van der Waals surface area contributed by atoms with E-state index in [2.05, 4.69) is 15.3 Å². The molecule has 0 radical (unpaired) electrons. The van der Waals surface area contributed by atoms with E-state index in [1.54, 1.807) is 13.3 Å². The lowest BCUT2D eigenvalue weighted by Crippen LogP contribution is -2.26. The van der Waals surface area contributed by atoms with Crippen molar-refractivity contribution in [3.05, 3.63) is 60.0 Å². The van der Waals surface area contributed by atoms with Crippen molar-refractivity contribution in [2.24, 2.45) is 0 Å². The van der Waals surface area contributed by atoms with E-state index >= 15 is 0 Å². The predicted molar refractivity (Wildman–Crippen MR) is 100 cm³/mol. The van der Waals surface area contributed by atoms with Gasteiger partial charge in [0, 0.05) is 35.5 Å². The number of benzene rings is 1. The number of hydrogen-bond donors (Lipinski definition) is 2. The van der Waals surface area contributed by atoms with Gasteiger partial charge in [-0.3, -0.25) is 4.98 Å². The number of amides is 1. The Morgan fingerprint density at radius 1 is 1.23 bits per heavy atom. The Balaban J connectivity index is 1.38. The van der Waals surface area contributed by atoms with Crippen molar-refractivity contribution in [3.63, 3.8) is 0 Å². The summed E-state index contributed by atoms with van der Waals surface area (Å²) < 4.78 is 10.5. The average Bonchev–Trinajstić information content (AvgIpc) is 3.08. The number of rotatable bonds is 8. The third kappa shape index (κ3) is 4.75. The molecule has 3 rings (SSSR count). The summed E-state index contributed by atoms with van der Waals surface area (Å²) >= 11 is 0. The molecule has 1 aromatic carbocycles. The minimum atomic E-state index is -0.386. The molecule has 0 bridgehead atoms. The van der Waals surface area contributed by atoms with E-state index < -0.39 is 0 Å². The molecule has 0 saturated heterocycles. The summed E-state index contributed by atoms with van der Waals surface area (Å²) in [4.78, 5) is 19.2. The molecule has 1 amide bonds. The highest BCUT2D eigenvalue weighted by molar-refractivity contribution is 5.84. The smallest absolute Gasteiger partial charge is 0.407 e. The molecule has 0 fully saturated rings. The average molecular weight is 353 g/mol. The third-order valence-electron chi connectivity index (χ3n) is 4.17. The molecule has 0 aliphatic heterocycles. The number of aromatic amines is 1. The number of hydrogen-bond acceptors (Lipinski definition) is 4. The lowest BCUT2D eigenvalue weighted by Gasteiger charge is -2.07. The van der Waals surface area contributed by atoms with Gasteiger partial charge in [0.05, 0.1) is 13.7 Å². The Morgan fingerprint density at radius 3 is 2.96 bits per heavy atom. The second-order valence-corrected chi connectivity index (χ2v) is 5.96. The van der Waals surface area contributed by atoms with Crippen LogP contribution in [0.1, 0.15) is 17.7 Å². The molecule has 0 aliphatic rings. The first-order valence-electron chi connectivity index (χ1n) is 8.71. The van der Waals surface area contributed by atoms with Gasteiger partial charge in [0.25, 0.3) is 0 Å². The number of pyridine rings is 1. The first-order chi connectivity index (χ1) is 12.8. The number of H-pyrrole nitrogens is 1. The summed E-state index contributed by atoms with van der Waals surface area (Å²) in [6.45, 7) is 0.899. The van der Waals surface area contributed by atoms with Crippen molar-refractivity contribution < 1.29 is 14.3 Å². The van der Waals surface area contributed by atoms with E-state index in [0.717, 1.165) is 47.2 Å². The molecule has 2 N–H and O–H groups in total. The van der Waals surface area contributed by atoms with E-state index in [1.165, 1.54) is 0 Å². The lowest BCUT2D eigenvalue weighted by molar-refractivity contribution is 0.145. The van der Waals surface area contributed by atoms with Crippen LogP contribution < -0.4 is 10.1 Å². The number of aryl methyl sites for hydroxylation is 1. The highest BCUT2D eigenvalue weighted by Gasteiger charge is 2.07. The second-order valence-electron chi connectivity index (χ2n) is 5.96. The van der Waals surface area contributed by atoms with Gasteiger partial charge in [0.2, 0.25) is 0 Å². The fourth-order valence-corrected chi connectivity index (χ4v) is 2.81. The molecule has 2 aromatic heterocycles. The first kappa shape index (κ1) is 17.8. The van der Waals surface area contributed by atoms with E-state index in [4.69, 9.17) is 9.47 Å². The standard InChI is InChI=1S/C20H23N3O3/c1-25-17-7-8-19-18(13-17)15(14-23-19)9-11-22-20(24)26-12-4-6-16-5-2-3-10-21-16/h2-3,5,7-8,10,13-14,23H,4,6,9,11-12H2,1H3,(H,22,24). The van der Waals surface area contributed by atoms with Crippen LogP contribution in [0.4, 0.5) is 4.79 Å². The Bertz CT molecular complexity index is 846. The second kappa shape index (κ2) is 8.89. The molecule has 6 nitrogen and oxygen atoms in total. The Kier molecular flexibility index (Phi) is 6.09. The first-order valence-corrected chi connectivity index (χ1v) is 8.71. The van der Waals surface area contributed by atoms with Crippen molar-refractivity contribution in [1.82, 2.24) is 15.3 Å². The van der Waals surface area contributed by atoms with Gasteiger partial charge in [-0.2, -0.15) is 0 Å². The van der Waals surface area contributed by atoms with Crippen LogP contribution in [0.3, 0.4) is 0 Å². The van der Waals surface area contributed by atoms with Crippen LogP contribution >= 0.6 is 0 Å². The number of ether oxygens (including phenoxy) is 2. The van der Waals surface area contributed by atoms with Gasteiger partial charge in [-0.1, -0.05) is 6.07 Å². The zero-order chi connectivity index (χ0) is 18.2. The van der Waals surface area contributed by atoms with Gasteiger partial charge < -0.3 is 19.8 Å². The number of aromatic nitrogens is 2. The highest BCUT2D eigenvalue weighted by Crippen LogP contribution is 2.23. The van der Waals surface area contributed by atoms with E-state index in [1.807, 2.05) is 42.6 Å².